The molecule has 1 saturated carbocycles. The number of piperidine rings is 4. The SMILES string of the molecule is C/C=C1/CN2C3CC1C1(C(=O)OC)C2C[C@]2(c4cc(OC)ccc4N(C)C32)C1OC(C)=O. The third kappa shape index (κ3) is 1.94. The van der Waals surface area contributed by atoms with Gasteiger partial charge in [0.15, 0.2) is 0 Å². The van der Waals surface area contributed by atoms with Crippen LogP contribution in [0.1, 0.15) is 32.3 Å². The second-order valence-corrected chi connectivity index (χ2v) is 10.0. The molecule has 0 amide bonds. The predicted molar refractivity (Wildman–Crippen MR) is 118 cm³/mol. The number of benzene rings is 1. The lowest BCUT2D eigenvalue weighted by atomic mass is 9.58. The number of carbonyl (C=O) groups excluding carboxylic acids is 2. The van der Waals surface area contributed by atoms with E-state index in [0.717, 1.165) is 36.4 Å². The van der Waals surface area contributed by atoms with E-state index in [2.05, 4.69) is 35.1 Å². The van der Waals surface area contributed by atoms with E-state index in [0.29, 0.717) is 0 Å². The number of nitrogens with zero attached hydrogens (tertiary/aromatic N) is 2. The maximum Gasteiger partial charge on any atom is 0.317 e. The first-order chi connectivity index (χ1) is 15.4. The summed E-state index contributed by atoms with van der Waals surface area (Å²) < 4.78 is 17.3. The first-order valence-corrected chi connectivity index (χ1v) is 11.4. The lowest BCUT2D eigenvalue weighted by Crippen LogP contribution is -2.71. The van der Waals surface area contributed by atoms with Gasteiger partial charge in [0.1, 0.15) is 17.3 Å². The highest BCUT2D eigenvalue weighted by Gasteiger charge is 2.84. The summed E-state index contributed by atoms with van der Waals surface area (Å²) in [7, 11) is 5.26. The van der Waals surface area contributed by atoms with Crippen LogP contribution in [0.4, 0.5) is 5.69 Å². The molecule has 5 bridgehead atoms. The van der Waals surface area contributed by atoms with Gasteiger partial charge in [0.05, 0.1) is 25.7 Å². The molecule has 7 heteroatoms. The summed E-state index contributed by atoms with van der Waals surface area (Å²) in [5.74, 6) is 0.184. The zero-order valence-electron chi connectivity index (χ0n) is 19.3. The van der Waals surface area contributed by atoms with Crippen molar-refractivity contribution in [3.05, 3.63) is 35.4 Å². The molecule has 7 unspecified atom stereocenters. The van der Waals surface area contributed by atoms with Gasteiger partial charge in [-0.3, -0.25) is 14.5 Å². The van der Waals surface area contributed by atoms with Gasteiger partial charge in [0.2, 0.25) is 0 Å². The Morgan fingerprint density at radius 2 is 2.03 bits per heavy atom. The van der Waals surface area contributed by atoms with Crippen molar-refractivity contribution in [3.8, 4) is 5.75 Å². The van der Waals surface area contributed by atoms with E-state index < -0.39 is 16.9 Å². The molecule has 6 aliphatic rings. The quantitative estimate of drug-likeness (QED) is 0.530. The maximum atomic E-state index is 13.8. The highest BCUT2D eigenvalue weighted by molar-refractivity contribution is 5.85. The van der Waals surface area contributed by atoms with Crippen molar-refractivity contribution >= 4 is 17.6 Å². The Morgan fingerprint density at radius 3 is 2.69 bits per heavy atom. The highest BCUT2D eigenvalue weighted by atomic mass is 16.6. The fraction of sp³-hybridized carbons (Fsp3) is 0.600. The molecule has 0 radical (unpaired) electrons. The molecular formula is C25H30N2O5. The Balaban J connectivity index is 1.68. The normalized spacial score (nSPS) is 43.3. The topological polar surface area (TPSA) is 68.3 Å². The van der Waals surface area contributed by atoms with Crippen molar-refractivity contribution in [2.45, 2.75) is 56.3 Å². The summed E-state index contributed by atoms with van der Waals surface area (Å²) in [6.07, 6.45) is 3.18. The largest absolute Gasteiger partial charge is 0.497 e. The van der Waals surface area contributed by atoms with Crippen LogP contribution in [0.25, 0.3) is 0 Å². The first kappa shape index (κ1) is 20.1. The number of anilines is 1. The van der Waals surface area contributed by atoms with Gasteiger partial charge in [-0.2, -0.15) is 0 Å². The average molecular weight is 439 g/mol. The Hall–Kier alpha value is -2.54. The molecule has 5 heterocycles. The van der Waals surface area contributed by atoms with Gasteiger partial charge in [-0.15, -0.1) is 0 Å². The van der Waals surface area contributed by atoms with E-state index in [-0.39, 0.29) is 36.0 Å². The van der Waals surface area contributed by atoms with Gasteiger partial charge in [0, 0.05) is 44.2 Å². The molecule has 1 aromatic rings. The number of hydrogen-bond acceptors (Lipinski definition) is 7. The fourth-order valence-electron chi connectivity index (χ4n) is 8.45. The van der Waals surface area contributed by atoms with E-state index in [1.54, 1.807) is 7.11 Å². The molecule has 8 atom stereocenters. The summed E-state index contributed by atoms with van der Waals surface area (Å²) in [5, 5.41) is 0. The smallest absolute Gasteiger partial charge is 0.317 e. The second kappa shape index (κ2) is 6.28. The van der Waals surface area contributed by atoms with E-state index in [4.69, 9.17) is 14.2 Å². The van der Waals surface area contributed by atoms with Crippen LogP contribution in [-0.4, -0.2) is 68.9 Å². The third-order valence-corrected chi connectivity index (χ3v) is 9.27. The molecule has 1 aromatic carbocycles. The van der Waals surface area contributed by atoms with Crippen LogP contribution in [0, 0.1) is 11.3 Å². The summed E-state index contributed by atoms with van der Waals surface area (Å²) in [5.41, 5.74) is 2.12. The van der Waals surface area contributed by atoms with Gasteiger partial charge in [0.25, 0.3) is 0 Å². The maximum absolute atomic E-state index is 13.8. The molecule has 7 rings (SSSR count). The van der Waals surface area contributed by atoms with Crippen molar-refractivity contribution in [1.29, 1.82) is 0 Å². The number of carbonyl (C=O) groups is 2. The highest BCUT2D eigenvalue weighted by Crippen LogP contribution is 2.73. The van der Waals surface area contributed by atoms with Crippen LogP contribution in [0.5, 0.6) is 5.75 Å². The van der Waals surface area contributed by atoms with Crippen LogP contribution in [0.15, 0.2) is 29.8 Å². The first-order valence-electron chi connectivity index (χ1n) is 11.4. The number of fused-ring (bicyclic) bond motifs is 2. The number of hydrogen-bond donors (Lipinski definition) is 0. The van der Waals surface area contributed by atoms with Gasteiger partial charge in [-0.05, 0) is 43.5 Å². The zero-order chi connectivity index (χ0) is 22.6. The van der Waals surface area contributed by atoms with Crippen LogP contribution in [-0.2, 0) is 24.5 Å². The van der Waals surface area contributed by atoms with Gasteiger partial charge < -0.3 is 19.1 Å². The summed E-state index contributed by atoms with van der Waals surface area (Å²) >= 11 is 0. The number of methoxy groups -OCH3 is 2. The summed E-state index contributed by atoms with van der Waals surface area (Å²) in [6.45, 7) is 4.36. The van der Waals surface area contributed by atoms with Crippen molar-refractivity contribution < 1.29 is 23.8 Å². The zero-order valence-corrected chi connectivity index (χ0v) is 19.3. The van der Waals surface area contributed by atoms with Gasteiger partial charge in [-0.25, -0.2) is 0 Å². The molecule has 1 aliphatic carbocycles. The van der Waals surface area contributed by atoms with Gasteiger partial charge in [-0.1, -0.05) is 11.6 Å². The Labute approximate surface area is 188 Å². The molecule has 4 saturated heterocycles. The van der Waals surface area contributed by atoms with E-state index in [1.165, 1.54) is 19.6 Å². The second-order valence-electron chi connectivity index (χ2n) is 10.0. The number of likely N-dealkylation sites (N-methyl/N-ethyl adjacent to an activating group) is 1. The van der Waals surface area contributed by atoms with E-state index in [9.17, 15) is 9.59 Å². The van der Waals surface area contributed by atoms with Crippen molar-refractivity contribution in [2.75, 3.05) is 32.7 Å². The molecule has 170 valence electrons. The van der Waals surface area contributed by atoms with E-state index >= 15 is 0 Å². The average Bonchev–Trinajstić information content (AvgIpc) is 3.18. The molecule has 1 spiro atoms. The van der Waals surface area contributed by atoms with Gasteiger partial charge >= 0.3 is 11.9 Å². The number of allylic oxidation sites excluding steroid dienone is 1. The van der Waals surface area contributed by atoms with Crippen LogP contribution in [0.3, 0.4) is 0 Å². The molecule has 5 fully saturated rings. The lowest BCUT2D eigenvalue weighted by molar-refractivity contribution is -0.187. The number of ether oxygens (including phenoxy) is 3. The van der Waals surface area contributed by atoms with E-state index in [1.807, 2.05) is 13.0 Å². The minimum Gasteiger partial charge on any atom is -0.497 e. The molecule has 0 aromatic heterocycles. The monoisotopic (exact) mass is 438 g/mol. The summed E-state index contributed by atoms with van der Waals surface area (Å²) in [4.78, 5) is 31.2. The fourth-order valence-corrected chi connectivity index (χ4v) is 8.45. The Bertz CT molecular complexity index is 1070. The molecule has 7 nitrogen and oxygen atoms in total. The summed E-state index contributed by atoms with van der Waals surface area (Å²) in [6, 6.07) is 6.55. The van der Waals surface area contributed by atoms with Crippen LogP contribution >= 0.6 is 0 Å². The molecular weight excluding hydrogens is 408 g/mol. The number of rotatable bonds is 3. The predicted octanol–water partition coefficient (Wildman–Crippen LogP) is 2.28. The van der Waals surface area contributed by atoms with Crippen LogP contribution < -0.4 is 9.64 Å². The van der Waals surface area contributed by atoms with Crippen molar-refractivity contribution in [2.24, 2.45) is 11.3 Å². The van der Waals surface area contributed by atoms with Crippen molar-refractivity contribution in [1.82, 2.24) is 4.90 Å². The Morgan fingerprint density at radius 1 is 1.25 bits per heavy atom. The Kier molecular flexibility index (Phi) is 3.94. The van der Waals surface area contributed by atoms with Crippen molar-refractivity contribution in [3.63, 3.8) is 0 Å². The standard InChI is InChI=1S/C25H30N2O5/c1-6-14-12-27-19-10-16(14)25(23(29)31-5)20(27)11-24(22(25)32-13(2)28)17-9-15(30-4)7-8-18(17)26(3)21(19)24/h6-9,16,19-22H,10-12H2,1-5H3/b14-6-/t16?,19?,20?,21?,22?,24-,25?/m1/s1. The van der Waals surface area contributed by atoms with Crippen LogP contribution in [0.2, 0.25) is 0 Å². The third-order valence-electron chi connectivity index (χ3n) is 9.27. The molecule has 5 aliphatic heterocycles. The molecule has 0 N–H and O–H groups in total. The minimum atomic E-state index is -0.905. The number of esters is 2. The molecule has 32 heavy (non-hydrogen) atoms. The lowest BCUT2D eigenvalue weighted by Gasteiger charge is -2.61. The minimum absolute atomic E-state index is 0.0109.